The van der Waals surface area contributed by atoms with Gasteiger partial charge in [0.1, 0.15) is 11.8 Å². The maximum Gasteiger partial charge on any atom is 0.255 e. The summed E-state index contributed by atoms with van der Waals surface area (Å²) < 4.78 is 7.04. The summed E-state index contributed by atoms with van der Waals surface area (Å²) in [5.41, 5.74) is 4.80. The van der Waals surface area contributed by atoms with Gasteiger partial charge in [-0.05, 0) is 55.8 Å². The fourth-order valence-electron chi connectivity index (χ4n) is 4.09. The van der Waals surface area contributed by atoms with E-state index in [1.807, 2.05) is 56.3 Å². The molecule has 0 saturated carbocycles. The van der Waals surface area contributed by atoms with Gasteiger partial charge in [-0.1, -0.05) is 29.8 Å². The second kappa shape index (κ2) is 8.82. The van der Waals surface area contributed by atoms with Gasteiger partial charge in [0.15, 0.2) is 5.82 Å². The van der Waals surface area contributed by atoms with Gasteiger partial charge in [0.25, 0.3) is 5.91 Å². The zero-order valence-electron chi connectivity index (χ0n) is 19.1. The number of methoxy groups -OCH3 is 1. The summed E-state index contributed by atoms with van der Waals surface area (Å²) in [5.74, 6) is 1.67. The first kappa shape index (κ1) is 21.4. The van der Waals surface area contributed by atoms with Gasteiger partial charge < -0.3 is 15.4 Å². The molecule has 1 atom stereocenters. The first-order valence-electron chi connectivity index (χ1n) is 10.9. The Balaban J connectivity index is 1.59. The van der Waals surface area contributed by atoms with Gasteiger partial charge in [-0.15, -0.1) is 5.10 Å². The molecule has 4 aromatic rings. The number of amides is 1. The molecule has 0 spiro atoms. The molecule has 1 amide bonds. The van der Waals surface area contributed by atoms with Crippen LogP contribution in [-0.2, 0) is 4.79 Å². The molecular weight excluding hydrogens is 428 g/mol. The predicted molar refractivity (Wildman–Crippen MR) is 131 cm³/mol. The fourth-order valence-corrected chi connectivity index (χ4v) is 4.09. The van der Waals surface area contributed by atoms with Crippen LogP contribution in [0.5, 0.6) is 5.75 Å². The summed E-state index contributed by atoms with van der Waals surface area (Å²) in [5, 5.41) is 11.0. The zero-order valence-corrected chi connectivity index (χ0v) is 19.1. The standard InChI is InChI=1S/C26H24N6O2/c1-16-6-4-7-19(14-16)23-22(25(33)29-20-8-5-13-27-15-20)17(2)28-26-30-24(31-32(23)26)18-9-11-21(34-3)12-10-18/h4-15,23H,1-3H3,(H,29,33)(H,28,30,31). The van der Waals surface area contributed by atoms with Crippen LogP contribution in [0.25, 0.3) is 11.4 Å². The monoisotopic (exact) mass is 452 g/mol. The van der Waals surface area contributed by atoms with E-state index in [2.05, 4.69) is 21.7 Å². The predicted octanol–water partition coefficient (Wildman–Crippen LogP) is 4.58. The number of rotatable bonds is 5. The second-order valence-corrected chi connectivity index (χ2v) is 8.11. The minimum absolute atomic E-state index is 0.225. The summed E-state index contributed by atoms with van der Waals surface area (Å²) in [6.45, 7) is 3.91. The fraction of sp³-hybridized carbons (Fsp3) is 0.154. The summed E-state index contributed by atoms with van der Waals surface area (Å²) in [4.78, 5) is 22.3. The van der Waals surface area contributed by atoms with Crippen LogP contribution < -0.4 is 15.4 Å². The highest BCUT2D eigenvalue weighted by atomic mass is 16.5. The molecule has 0 radical (unpaired) electrons. The molecule has 0 saturated heterocycles. The Morgan fingerprint density at radius 1 is 1.09 bits per heavy atom. The average molecular weight is 453 g/mol. The Kier molecular flexibility index (Phi) is 5.55. The number of pyridine rings is 1. The largest absolute Gasteiger partial charge is 0.497 e. The van der Waals surface area contributed by atoms with Crippen LogP contribution in [0.3, 0.4) is 0 Å². The molecule has 0 fully saturated rings. The molecule has 170 valence electrons. The molecule has 34 heavy (non-hydrogen) atoms. The molecule has 3 heterocycles. The molecule has 1 unspecified atom stereocenters. The van der Waals surface area contributed by atoms with Gasteiger partial charge in [0.05, 0.1) is 24.6 Å². The molecule has 2 aromatic carbocycles. The maximum atomic E-state index is 13.5. The Labute approximate surface area is 197 Å². The molecule has 1 aliphatic rings. The molecule has 8 heteroatoms. The van der Waals surface area contributed by atoms with Crippen molar-refractivity contribution in [3.63, 3.8) is 0 Å². The van der Waals surface area contributed by atoms with E-state index >= 15 is 0 Å². The van der Waals surface area contributed by atoms with E-state index in [1.54, 1.807) is 36.3 Å². The number of fused-ring (bicyclic) bond motifs is 1. The number of carbonyl (C=O) groups excluding carboxylic acids is 1. The third-order valence-corrected chi connectivity index (χ3v) is 5.72. The van der Waals surface area contributed by atoms with Crippen LogP contribution in [0.4, 0.5) is 11.6 Å². The number of benzene rings is 2. The second-order valence-electron chi connectivity index (χ2n) is 8.11. The summed E-state index contributed by atoms with van der Waals surface area (Å²) in [7, 11) is 1.63. The molecular formula is C26H24N6O2. The molecule has 1 aliphatic heterocycles. The lowest BCUT2D eigenvalue weighted by Crippen LogP contribution is -2.31. The molecule has 0 bridgehead atoms. The van der Waals surface area contributed by atoms with Gasteiger partial charge in [-0.3, -0.25) is 9.78 Å². The Morgan fingerprint density at radius 2 is 1.91 bits per heavy atom. The summed E-state index contributed by atoms with van der Waals surface area (Å²) in [6.07, 6.45) is 3.29. The van der Waals surface area contributed by atoms with Crippen LogP contribution >= 0.6 is 0 Å². The van der Waals surface area contributed by atoms with Crippen molar-refractivity contribution in [2.75, 3.05) is 17.7 Å². The first-order chi connectivity index (χ1) is 16.5. The maximum absolute atomic E-state index is 13.5. The van der Waals surface area contributed by atoms with E-state index in [4.69, 9.17) is 14.8 Å². The summed E-state index contributed by atoms with van der Waals surface area (Å²) >= 11 is 0. The van der Waals surface area contributed by atoms with Crippen molar-refractivity contribution in [1.82, 2.24) is 19.7 Å². The Morgan fingerprint density at radius 3 is 2.62 bits per heavy atom. The van der Waals surface area contributed by atoms with E-state index in [0.717, 1.165) is 22.4 Å². The van der Waals surface area contributed by atoms with Crippen LogP contribution in [0.1, 0.15) is 24.1 Å². The number of hydrogen-bond donors (Lipinski definition) is 2. The lowest BCUT2D eigenvalue weighted by Gasteiger charge is -2.28. The number of nitrogens with one attached hydrogen (secondary N) is 2. The van der Waals surface area contributed by atoms with Crippen molar-refractivity contribution >= 4 is 17.5 Å². The van der Waals surface area contributed by atoms with E-state index in [1.165, 1.54) is 0 Å². The minimum Gasteiger partial charge on any atom is -0.497 e. The lowest BCUT2D eigenvalue weighted by atomic mass is 9.94. The van der Waals surface area contributed by atoms with Crippen LogP contribution in [-0.4, -0.2) is 32.8 Å². The van der Waals surface area contributed by atoms with Crippen LogP contribution in [0, 0.1) is 6.92 Å². The van der Waals surface area contributed by atoms with Gasteiger partial charge in [-0.2, -0.15) is 4.98 Å². The molecule has 2 N–H and O–H groups in total. The van der Waals surface area contributed by atoms with Crippen molar-refractivity contribution < 1.29 is 9.53 Å². The molecule has 8 nitrogen and oxygen atoms in total. The number of carbonyl (C=O) groups is 1. The summed E-state index contributed by atoms with van der Waals surface area (Å²) in [6, 6.07) is 18.8. The normalized spacial score (nSPS) is 14.9. The SMILES string of the molecule is COc1ccc(-c2nc3n(n2)C(c2cccc(C)c2)C(C(=O)Nc2cccnc2)=C(C)N3)cc1. The molecule has 2 aromatic heterocycles. The van der Waals surface area contributed by atoms with Gasteiger partial charge in [-0.25, -0.2) is 4.68 Å². The average Bonchev–Trinajstić information content (AvgIpc) is 3.27. The number of allylic oxidation sites excluding steroid dienone is 1. The highest BCUT2D eigenvalue weighted by Crippen LogP contribution is 2.37. The number of nitrogens with zero attached hydrogens (tertiary/aromatic N) is 4. The number of anilines is 2. The van der Waals surface area contributed by atoms with E-state index in [-0.39, 0.29) is 5.91 Å². The van der Waals surface area contributed by atoms with Crippen LogP contribution in [0.15, 0.2) is 84.3 Å². The van der Waals surface area contributed by atoms with Gasteiger partial charge in [0, 0.05) is 17.5 Å². The topological polar surface area (TPSA) is 94.0 Å². The van der Waals surface area contributed by atoms with Gasteiger partial charge >= 0.3 is 0 Å². The van der Waals surface area contributed by atoms with E-state index < -0.39 is 6.04 Å². The number of ether oxygens (including phenoxy) is 1. The van der Waals surface area contributed by atoms with E-state index in [0.29, 0.717) is 28.7 Å². The quantitative estimate of drug-likeness (QED) is 0.460. The van der Waals surface area contributed by atoms with Gasteiger partial charge in [0.2, 0.25) is 5.95 Å². The highest BCUT2D eigenvalue weighted by molar-refractivity contribution is 6.05. The minimum atomic E-state index is -0.452. The van der Waals surface area contributed by atoms with E-state index in [9.17, 15) is 4.79 Å². The lowest BCUT2D eigenvalue weighted by molar-refractivity contribution is -0.113. The van der Waals surface area contributed by atoms with Crippen molar-refractivity contribution in [2.45, 2.75) is 19.9 Å². The molecule has 0 aliphatic carbocycles. The van der Waals surface area contributed by atoms with Crippen molar-refractivity contribution in [1.29, 1.82) is 0 Å². The van der Waals surface area contributed by atoms with Crippen molar-refractivity contribution in [3.05, 3.63) is 95.5 Å². The Bertz CT molecular complexity index is 1380. The van der Waals surface area contributed by atoms with Crippen molar-refractivity contribution in [2.24, 2.45) is 0 Å². The first-order valence-corrected chi connectivity index (χ1v) is 10.9. The molecule has 5 rings (SSSR count). The smallest absolute Gasteiger partial charge is 0.255 e. The highest BCUT2D eigenvalue weighted by Gasteiger charge is 2.34. The number of aryl methyl sites for hydroxylation is 1. The number of aromatic nitrogens is 4. The number of hydrogen-bond acceptors (Lipinski definition) is 6. The Hall–Kier alpha value is -4.46. The van der Waals surface area contributed by atoms with Crippen molar-refractivity contribution in [3.8, 4) is 17.1 Å². The third-order valence-electron chi connectivity index (χ3n) is 5.72. The van der Waals surface area contributed by atoms with Crippen LogP contribution in [0.2, 0.25) is 0 Å². The third kappa shape index (κ3) is 4.01. The zero-order chi connectivity index (χ0) is 23.7.